The highest BCUT2D eigenvalue weighted by molar-refractivity contribution is 7.99. The Balaban J connectivity index is 0.00000144. The van der Waals surface area contributed by atoms with Gasteiger partial charge in [-0.1, -0.05) is 0 Å². The number of amides is 1. The number of morpholine rings is 1. The Morgan fingerprint density at radius 1 is 1.53 bits per heavy atom. The Hall–Kier alpha value is 0.0300. The van der Waals surface area contributed by atoms with Crippen LogP contribution in [0.4, 0.5) is 0 Å². The molecular formula is C11H21ClN2O2S. The molecule has 0 aliphatic carbocycles. The van der Waals surface area contributed by atoms with Crippen LogP contribution in [0.3, 0.4) is 0 Å². The Bertz CT molecular complexity index is 262. The molecule has 3 atom stereocenters. The summed E-state index contributed by atoms with van der Waals surface area (Å²) in [6.45, 7) is 3.44. The monoisotopic (exact) mass is 280 g/mol. The second-order valence-corrected chi connectivity index (χ2v) is 5.62. The first-order valence-corrected chi connectivity index (χ1v) is 7.05. The molecule has 2 rings (SSSR count). The summed E-state index contributed by atoms with van der Waals surface area (Å²) in [4.78, 5) is 14.2. The Labute approximate surface area is 113 Å². The molecule has 1 N–H and O–H groups in total. The fourth-order valence-electron chi connectivity index (χ4n) is 2.24. The van der Waals surface area contributed by atoms with E-state index in [2.05, 4.69) is 5.32 Å². The standard InChI is InChI=1S/C11H20N2O2S.ClH/c1-8-10(12-4-5-15-8)11(14)13(2)9-3-6-16-7-9;/h8-10,12H,3-7H2,1-2H3;1H/t8-,9?,10+;/m1./s1. The Kier molecular flexibility index (Phi) is 6.06. The normalized spacial score (nSPS) is 32.9. The van der Waals surface area contributed by atoms with Crippen molar-refractivity contribution in [1.29, 1.82) is 0 Å². The summed E-state index contributed by atoms with van der Waals surface area (Å²) in [5.41, 5.74) is 0. The van der Waals surface area contributed by atoms with E-state index in [0.29, 0.717) is 12.6 Å². The van der Waals surface area contributed by atoms with E-state index in [1.54, 1.807) is 0 Å². The fourth-order valence-corrected chi connectivity index (χ4v) is 3.50. The third-order valence-electron chi connectivity index (χ3n) is 3.38. The summed E-state index contributed by atoms with van der Waals surface area (Å²) in [5.74, 6) is 2.43. The second kappa shape index (κ2) is 6.83. The van der Waals surface area contributed by atoms with Crippen molar-refractivity contribution in [2.24, 2.45) is 0 Å². The number of carbonyl (C=O) groups is 1. The van der Waals surface area contributed by atoms with Gasteiger partial charge in [0, 0.05) is 25.4 Å². The van der Waals surface area contributed by atoms with Crippen LogP contribution in [0.1, 0.15) is 13.3 Å². The molecule has 4 nitrogen and oxygen atoms in total. The number of carbonyl (C=O) groups excluding carboxylic acids is 1. The van der Waals surface area contributed by atoms with Crippen LogP contribution < -0.4 is 5.32 Å². The molecule has 0 bridgehead atoms. The number of nitrogens with zero attached hydrogens (tertiary/aromatic N) is 1. The zero-order valence-electron chi connectivity index (χ0n) is 10.3. The van der Waals surface area contributed by atoms with Gasteiger partial charge >= 0.3 is 0 Å². The van der Waals surface area contributed by atoms with E-state index >= 15 is 0 Å². The van der Waals surface area contributed by atoms with Crippen molar-refractivity contribution in [3.05, 3.63) is 0 Å². The Morgan fingerprint density at radius 3 is 2.88 bits per heavy atom. The van der Waals surface area contributed by atoms with Crippen LogP contribution in [0.25, 0.3) is 0 Å². The number of likely N-dealkylation sites (N-methyl/N-ethyl adjacent to an activating group) is 1. The van der Waals surface area contributed by atoms with Gasteiger partial charge in [-0.15, -0.1) is 12.4 Å². The van der Waals surface area contributed by atoms with E-state index in [1.807, 2.05) is 30.6 Å². The van der Waals surface area contributed by atoms with Crippen LogP contribution in [0.15, 0.2) is 0 Å². The van der Waals surface area contributed by atoms with Gasteiger partial charge in [-0.2, -0.15) is 11.8 Å². The van der Waals surface area contributed by atoms with Crippen LogP contribution in [-0.2, 0) is 9.53 Å². The van der Waals surface area contributed by atoms with Gasteiger partial charge in [0.2, 0.25) is 5.91 Å². The number of hydrogen-bond acceptors (Lipinski definition) is 4. The third kappa shape index (κ3) is 3.50. The lowest BCUT2D eigenvalue weighted by Crippen LogP contribution is -2.57. The summed E-state index contributed by atoms with van der Waals surface area (Å²) in [6, 6.07) is 0.248. The molecule has 100 valence electrons. The third-order valence-corrected chi connectivity index (χ3v) is 4.53. The molecule has 1 amide bonds. The zero-order chi connectivity index (χ0) is 11.5. The summed E-state index contributed by atoms with van der Waals surface area (Å²) >= 11 is 1.93. The van der Waals surface area contributed by atoms with Gasteiger partial charge < -0.3 is 15.0 Å². The van der Waals surface area contributed by atoms with Crippen LogP contribution in [0.2, 0.25) is 0 Å². The minimum absolute atomic E-state index is 0. The lowest BCUT2D eigenvalue weighted by molar-refractivity contribution is -0.139. The highest BCUT2D eigenvalue weighted by Gasteiger charge is 2.33. The number of hydrogen-bond donors (Lipinski definition) is 1. The summed E-state index contributed by atoms with van der Waals surface area (Å²) in [7, 11) is 1.92. The summed E-state index contributed by atoms with van der Waals surface area (Å²) < 4.78 is 5.51. The number of nitrogens with one attached hydrogen (secondary N) is 1. The first-order valence-electron chi connectivity index (χ1n) is 5.89. The molecule has 2 aliphatic heterocycles. The molecule has 0 aromatic heterocycles. The van der Waals surface area contributed by atoms with Gasteiger partial charge in [-0.05, 0) is 19.1 Å². The molecule has 2 heterocycles. The molecule has 2 saturated heterocycles. The quantitative estimate of drug-likeness (QED) is 0.811. The Morgan fingerprint density at radius 2 is 2.29 bits per heavy atom. The lowest BCUT2D eigenvalue weighted by atomic mass is 10.1. The molecule has 17 heavy (non-hydrogen) atoms. The number of halogens is 1. The molecule has 0 radical (unpaired) electrons. The maximum Gasteiger partial charge on any atom is 0.242 e. The van der Waals surface area contributed by atoms with Crippen molar-refractivity contribution in [3.8, 4) is 0 Å². The number of ether oxygens (including phenoxy) is 1. The molecule has 0 aromatic rings. The van der Waals surface area contributed by atoms with Gasteiger partial charge in [-0.25, -0.2) is 0 Å². The number of rotatable bonds is 2. The van der Waals surface area contributed by atoms with Crippen molar-refractivity contribution in [2.45, 2.75) is 31.5 Å². The average Bonchev–Trinajstić information content (AvgIpc) is 2.81. The van der Waals surface area contributed by atoms with Crippen molar-refractivity contribution in [3.63, 3.8) is 0 Å². The van der Waals surface area contributed by atoms with Gasteiger partial charge in [0.1, 0.15) is 6.04 Å². The molecule has 2 aliphatic rings. The van der Waals surface area contributed by atoms with Gasteiger partial charge in [-0.3, -0.25) is 4.79 Å². The second-order valence-electron chi connectivity index (χ2n) is 4.47. The van der Waals surface area contributed by atoms with Crippen LogP contribution >= 0.6 is 24.2 Å². The largest absolute Gasteiger partial charge is 0.375 e. The minimum Gasteiger partial charge on any atom is -0.375 e. The molecule has 6 heteroatoms. The van der Waals surface area contributed by atoms with E-state index in [0.717, 1.165) is 18.7 Å². The van der Waals surface area contributed by atoms with E-state index in [-0.39, 0.29) is 30.5 Å². The van der Waals surface area contributed by atoms with Crippen LogP contribution in [0.5, 0.6) is 0 Å². The van der Waals surface area contributed by atoms with E-state index < -0.39 is 0 Å². The molecular weight excluding hydrogens is 260 g/mol. The highest BCUT2D eigenvalue weighted by atomic mass is 35.5. The predicted molar refractivity (Wildman–Crippen MR) is 73.0 cm³/mol. The first-order chi connectivity index (χ1) is 7.70. The van der Waals surface area contributed by atoms with Gasteiger partial charge in [0.15, 0.2) is 0 Å². The van der Waals surface area contributed by atoms with E-state index in [4.69, 9.17) is 4.74 Å². The minimum atomic E-state index is -0.163. The van der Waals surface area contributed by atoms with Crippen molar-refractivity contribution >= 4 is 30.1 Å². The maximum absolute atomic E-state index is 12.3. The van der Waals surface area contributed by atoms with Crippen molar-refractivity contribution in [1.82, 2.24) is 10.2 Å². The molecule has 2 fully saturated rings. The lowest BCUT2D eigenvalue weighted by Gasteiger charge is -2.34. The van der Waals surface area contributed by atoms with Crippen LogP contribution in [-0.4, -0.2) is 60.7 Å². The molecule has 0 saturated carbocycles. The topological polar surface area (TPSA) is 41.6 Å². The molecule has 1 unspecified atom stereocenters. The van der Waals surface area contributed by atoms with Crippen LogP contribution in [0, 0.1) is 0 Å². The molecule has 0 spiro atoms. The molecule has 0 aromatic carbocycles. The zero-order valence-corrected chi connectivity index (χ0v) is 12.0. The van der Waals surface area contributed by atoms with E-state index in [1.165, 1.54) is 5.75 Å². The highest BCUT2D eigenvalue weighted by Crippen LogP contribution is 2.22. The van der Waals surface area contributed by atoms with Crippen molar-refractivity contribution < 1.29 is 9.53 Å². The fraction of sp³-hybridized carbons (Fsp3) is 0.909. The van der Waals surface area contributed by atoms with Gasteiger partial charge in [0.05, 0.1) is 12.7 Å². The van der Waals surface area contributed by atoms with Gasteiger partial charge in [0.25, 0.3) is 0 Å². The SMILES string of the molecule is C[C@H]1OCCN[C@@H]1C(=O)N(C)C1CCSC1.Cl. The predicted octanol–water partition coefficient (Wildman–Crippen LogP) is 0.749. The maximum atomic E-state index is 12.3. The first kappa shape index (κ1) is 15.1. The average molecular weight is 281 g/mol. The summed E-state index contributed by atoms with van der Waals surface area (Å²) in [6.07, 6.45) is 1.10. The summed E-state index contributed by atoms with van der Waals surface area (Å²) in [5, 5.41) is 3.25. The van der Waals surface area contributed by atoms with Crippen molar-refractivity contribution in [2.75, 3.05) is 31.7 Å². The smallest absolute Gasteiger partial charge is 0.242 e. The number of thioether (sulfide) groups is 1. The van der Waals surface area contributed by atoms with E-state index in [9.17, 15) is 4.79 Å².